The van der Waals surface area contributed by atoms with E-state index in [1.54, 1.807) is 4.90 Å². The Labute approximate surface area is 102 Å². The second-order valence-electron chi connectivity index (χ2n) is 4.59. The van der Waals surface area contributed by atoms with Gasteiger partial charge in [0.15, 0.2) is 0 Å². The predicted molar refractivity (Wildman–Crippen MR) is 66.8 cm³/mol. The first-order chi connectivity index (χ1) is 8.29. The monoisotopic (exact) mass is 233 g/mol. The first-order valence-electron chi connectivity index (χ1n) is 6.16. The third-order valence-electron chi connectivity index (χ3n) is 3.41. The van der Waals surface area contributed by atoms with Gasteiger partial charge in [-0.05, 0) is 30.7 Å². The molecule has 3 nitrogen and oxygen atoms in total. The van der Waals surface area contributed by atoms with Gasteiger partial charge in [0.1, 0.15) is 0 Å². The van der Waals surface area contributed by atoms with Gasteiger partial charge in [-0.1, -0.05) is 30.3 Å². The van der Waals surface area contributed by atoms with Crippen LogP contribution in [0.25, 0.3) is 0 Å². The average Bonchev–Trinajstić information content (AvgIpc) is 2.40. The minimum absolute atomic E-state index is 0.192. The summed E-state index contributed by atoms with van der Waals surface area (Å²) in [7, 11) is 1.44. The van der Waals surface area contributed by atoms with E-state index in [9.17, 15) is 4.79 Å². The number of benzene rings is 1. The number of likely N-dealkylation sites (tertiary alicyclic amines) is 1. The van der Waals surface area contributed by atoms with Crippen molar-refractivity contribution in [3.8, 4) is 0 Å². The third kappa shape index (κ3) is 3.22. The molecule has 17 heavy (non-hydrogen) atoms. The zero-order valence-corrected chi connectivity index (χ0v) is 10.3. The van der Waals surface area contributed by atoms with Gasteiger partial charge in [0, 0.05) is 13.1 Å². The summed E-state index contributed by atoms with van der Waals surface area (Å²) in [6.45, 7) is 1.65. The molecule has 2 rings (SSSR count). The van der Waals surface area contributed by atoms with Crippen LogP contribution in [-0.2, 0) is 11.2 Å². The minimum atomic E-state index is -0.192. The molecular formula is C14H19NO2. The number of methoxy groups -OCH3 is 1. The summed E-state index contributed by atoms with van der Waals surface area (Å²) in [5.41, 5.74) is 1.39. The number of hydrogen-bond donors (Lipinski definition) is 0. The molecule has 1 heterocycles. The molecule has 1 aliphatic heterocycles. The number of nitrogens with zero attached hydrogens (tertiary/aromatic N) is 1. The Balaban J connectivity index is 1.82. The zero-order chi connectivity index (χ0) is 12.1. The van der Waals surface area contributed by atoms with Gasteiger partial charge in [-0.15, -0.1) is 0 Å². The van der Waals surface area contributed by atoms with Crippen LogP contribution in [0.3, 0.4) is 0 Å². The number of hydrogen-bond acceptors (Lipinski definition) is 2. The van der Waals surface area contributed by atoms with Crippen LogP contribution in [-0.4, -0.2) is 31.2 Å². The Kier molecular flexibility index (Phi) is 4.02. The van der Waals surface area contributed by atoms with E-state index >= 15 is 0 Å². The smallest absolute Gasteiger partial charge is 0.409 e. The molecule has 0 aromatic heterocycles. The Bertz CT molecular complexity index is 356. The topological polar surface area (TPSA) is 29.5 Å². The third-order valence-corrected chi connectivity index (χ3v) is 3.41. The molecule has 0 saturated carbocycles. The number of carbonyl (C=O) groups is 1. The fourth-order valence-electron chi connectivity index (χ4n) is 2.40. The highest BCUT2D eigenvalue weighted by atomic mass is 16.5. The molecule has 1 aromatic carbocycles. The summed E-state index contributed by atoms with van der Waals surface area (Å²) in [5.74, 6) is 0.693. The maximum atomic E-state index is 11.3. The van der Waals surface area contributed by atoms with Gasteiger partial charge in [-0.3, -0.25) is 0 Å². The summed E-state index contributed by atoms with van der Waals surface area (Å²) in [6, 6.07) is 10.6. The van der Waals surface area contributed by atoms with Gasteiger partial charge < -0.3 is 9.64 Å². The van der Waals surface area contributed by atoms with E-state index < -0.39 is 0 Å². The number of piperidine rings is 1. The lowest BCUT2D eigenvalue weighted by atomic mass is 9.90. The van der Waals surface area contributed by atoms with Gasteiger partial charge in [-0.2, -0.15) is 0 Å². The average molecular weight is 233 g/mol. The van der Waals surface area contributed by atoms with Crippen molar-refractivity contribution < 1.29 is 9.53 Å². The first-order valence-corrected chi connectivity index (χ1v) is 6.16. The molecule has 92 valence electrons. The summed E-state index contributed by atoms with van der Waals surface area (Å²) in [5, 5.41) is 0. The van der Waals surface area contributed by atoms with E-state index in [-0.39, 0.29) is 6.09 Å². The number of rotatable bonds is 2. The fraction of sp³-hybridized carbons (Fsp3) is 0.500. The van der Waals surface area contributed by atoms with E-state index in [0.29, 0.717) is 5.92 Å². The summed E-state index contributed by atoms with van der Waals surface area (Å²) in [4.78, 5) is 13.1. The van der Waals surface area contributed by atoms with Crippen LogP contribution in [0.4, 0.5) is 4.79 Å². The van der Waals surface area contributed by atoms with Crippen LogP contribution in [0, 0.1) is 5.92 Å². The van der Waals surface area contributed by atoms with Crippen LogP contribution in [0.15, 0.2) is 30.3 Å². The lowest BCUT2D eigenvalue weighted by molar-refractivity contribution is 0.106. The standard InChI is InChI=1S/C14H19NO2/c1-17-14(16)15-9-7-13(8-10-15)11-12-5-3-2-4-6-12/h2-6,13H,7-11H2,1H3. The molecule has 0 radical (unpaired) electrons. The molecule has 0 unspecified atom stereocenters. The molecule has 1 amide bonds. The normalized spacial score (nSPS) is 16.9. The highest BCUT2D eigenvalue weighted by Crippen LogP contribution is 2.21. The van der Waals surface area contributed by atoms with E-state index in [0.717, 1.165) is 32.4 Å². The number of carbonyl (C=O) groups excluding carboxylic acids is 1. The Hall–Kier alpha value is -1.51. The molecule has 0 N–H and O–H groups in total. The van der Waals surface area contributed by atoms with Gasteiger partial charge in [0.2, 0.25) is 0 Å². The van der Waals surface area contributed by atoms with Gasteiger partial charge in [0.05, 0.1) is 7.11 Å². The Morgan fingerprint density at radius 3 is 2.53 bits per heavy atom. The van der Waals surface area contributed by atoms with Crippen LogP contribution < -0.4 is 0 Å². The van der Waals surface area contributed by atoms with E-state index in [4.69, 9.17) is 4.74 Å². The molecule has 1 fully saturated rings. The second kappa shape index (κ2) is 5.71. The predicted octanol–water partition coefficient (Wildman–Crippen LogP) is 2.71. The molecule has 0 aliphatic carbocycles. The molecular weight excluding hydrogens is 214 g/mol. The number of ether oxygens (including phenoxy) is 1. The number of amides is 1. The fourth-order valence-corrected chi connectivity index (χ4v) is 2.40. The van der Waals surface area contributed by atoms with Gasteiger partial charge >= 0.3 is 6.09 Å². The molecule has 3 heteroatoms. The van der Waals surface area contributed by atoms with Gasteiger partial charge in [0.25, 0.3) is 0 Å². The van der Waals surface area contributed by atoms with Crippen molar-refractivity contribution in [3.05, 3.63) is 35.9 Å². The maximum absolute atomic E-state index is 11.3. The van der Waals surface area contributed by atoms with E-state index in [2.05, 4.69) is 24.3 Å². The minimum Gasteiger partial charge on any atom is -0.453 e. The molecule has 0 bridgehead atoms. The van der Waals surface area contributed by atoms with E-state index in [1.165, 1.54) is 12.7 Å². The van der Waals surface area contributed by atoms with Crippen LogP contribution >= 0.6 is 0 Å². The van der Waals surface area contributed by atoms with Crippen LogP contribution in [0.2, 0.25) is 0 Å². The highest BCUT2D eigenvalue weighted by Gasteiger charge is 2.22. The van der Waals surface area contributed by atoms with Crippen molar-refractivity contribution in [1.29, 1.82) is 0 Å². The quantitative estimate of drug-likeness (QED) is 0.786. The largest absolute Gasteiger partial charge is 0.453 e. The van der Waals surface area contributed by atoms with Crippen molar-refractivity contribution in [2.24, 2.45) is 5.92 Å². The molecule has 0 atom stereocenters. The van der Waals surface area contributed by atoms with Crippen LogP contribution in [0.5, 0.6) is 0 Å². The summed E-state index contributed by atoms with van der Waals surface area (Å²) in [6.07, 6.45) is 3.08. The Morgan fingerprint density at radius 1 is 1.29 bits per heavy atom. The summed E-state index contributed by atoms with van der Waals surface area (Å²) >= 11 is 0. The summed E-state index contributed by atoms with van der Waals surface area (Å²) < 4.78 is 4.73. The van der Waals surface area contributed by atoms with Crippen molar-refractivity contribution in [2.45, 2.75) is 19.3 Å². The van der Waals surface area contributed by atoms with Crippen LogP contribution in [0.1, 0.15) is 18.4 Å². The molecule has 0 spiro atoms. The highest BCUT2D eigenvalue weighted by molar-refractivity contribution is 5.67. The molecule has 1 aromatic rings. The molecule has 1 aliphatic rings. The lowest BCUT2D eigenvalue weighted by Crippen LogP contribution is -2.38. The van der Waals surface area contributed by atoms with Crippen molar-refractivity contribution in [3.63, 3.8) is 0 Å². The zero-order valence-electron chi connectivity index (χ0n) is 10.3. The maximum Gasteiger partial charge on any atom is 0.409 e. The van der Waals surface area contributed by atoms with Crippen molar-refractivity contribution in [1.82, 2.24) is 4.90 Å². The van der Waals surface area contributed by atoms with Crippen molar-refractivity contribution >= 4 is 6.09 Å². The van der Waals surface area contributed by atoms with E-state index in [1.807, 2.05) is 6.07 Å². The second-order valence-corrected chi connectivity index (χ2v) is 4.59. The molecule has 1 saturated heterocycles. The first kappa shape index (κ1) is 12.0. The Morgan fingerprint density at radius 2 is 1.94 bits per heavy atom. The van der Waals surface area contributed by atoms with Gasteiger partial charge in [-0.25, -0.2) is 4.79 Å². The SMILES string of the molecule is COC(=O)N1CCC(Cc2ccccc2)CC1. The van der Waals surface area contributed by atoms with Crippen molar-refractivity contribution in [2.75, 3.05) is 20.2 Å². The lowest BCUT2D eigenvalue weighted by Gasteiger charge is -2.30.